The number of anilines is 2. The lowest BCUT2D eigenvalue weighted by atomic mass is 10.2. The van der Waals surface area contributed by atoms with Crippen LogP contribution in [0.5, 0.6) is 0 Å². The van der Waals surface area contributed by atoms with Crippen LogP contribution in [-0.4, -0.2) is 37.1 Å². The Morgan fingerprint density at radius 2 is 2.00 bits per heavy atom. The van der Waals surface area contributed by atoms with E-state index in [9.17, 15) is 13.2 Å². The Labute approximate surface area is 97.6 Å². The molecular weight excluding hydrogens is 233 g/mol. The predicted molar refractivity (Wildman–Crippen MR) is 60.7 cm³/mol. The average molecular weight is 248 g/mol. The Balaban J connectivity index is 2.76. The molecule has 3 N–H and O–H groups in total. The second-order valence-electron chi connectivity index (χ2n) is 3.89. The average Bonchev–Trinajstić information content (AvgIpc) is 2.14. The minimum atomic E-state index is -4.41. The molecule has 0 saturated heterocycles. The maximum atomic E-state index is 12.5. The highest BCUT2D eigenvalue weighted by molar-refractivity contribution is 5.47. The topological polar surface area (TPSA) is 54.2 Å². The highest BCUT2D eigenvalue weighted by atomic mass is 19.4. The van der Waals surface area contributed by atoms with Crippen LogP contribution in [0.15, 0.2) is 12.1 Å². The molecule has 0 amide bonds. The van der Waals surface area contributed by atoms with Gasteiger partial charge in [0.2, 0.25) is 0 Å². The number of likely N-dealkylation sites (N-methyl/N-ethyl adjacent to an activating group) is 1. The number of alkyl halides is 3. The summed E-state index contributed by atoms with van der Waals surface area (Å²) in [5, 5.41) is 2.80. The third kappa shape index (κ3) is 4.48. The van der Waals surface area contributed by atoms with E-state index in [1.165, 1.54) is 0 Å². The Bertz CT molecular complexity index is 376. The molecule has 1 rings (SSSR count). The third-order valence-electron chi connectivity index (χ3n) is 2.04. The smallest absolute Gasteiger partial charge is 0.384 e. The summed E-state index contributed by atoms with van der Waals surface area (Å²) in [4.78, 5) is 5.70. The van der Waals surface area contributed by atoms with Gasteiger partial charge in [-0.1, -0.05) is 0 Å². The van der Waals surface area contributed by atoms with Gasteiger partial charge in [0.1, 0.15) is 11.6 Å². The minimum absolute atomic E-state index is 0.138. The van der Waals surface area contributed by atoms with Crippen molar-refractivity contribution in [3.05, 3.63) is 17.7 Å². The van der Waals surface area contributed by atoms with E-state index < -0.39 is 11.7 Å². The van der Waals surface area contributed by atoms with Gasteiger partial charge in [-0.2, -0.15) is 13.2 Å². The molecule has 1 aromatic heterocycles. The van der Waals surface area contributed by atoms with Crippen LogP contribution in [-0.2, 0) is 6.18 Å². The van der Waals surface area contributed by atoms with E-state index in [0.29, 0.717) is 13.1 Å². The first-order chi connectivity index (χ1) is 7.79. The van der Waals surface area contributed by atoms with Crippen LogP contribution in [0.3, 0.4) is 0 Å². The first kappa shape index (κ1) is 13.6. The fourth-order valence-electron chi connectivity index (χ4n) is 1.21. The van der Waals surface area contributed by atoms with Crippen molar-refractivity contribution < 1.29 is 13.2 Å². The molecule has 0 atom stereocenters. The molecule has 0 bridgehead atoms. The van der Waals surface area contributed by atoms with Crippen LogP contribution in [0.4, 0.5) is 24.8 Å². The zero-order valence-electron chi connectivity index (χ0n) is 9.67. The van der Waals surface area contributed by atoms with Crippen LogP contribution < -0.4 is 11.1 Å². The Morgan fingerprint density at radius 3 is 2.53 bits per heavy atom. The van der Waals surface area contributed by atoms with Crippen LogP contribution in [0.25, 0.3) is 0 Å². The van der Waals surface area contributed by atoms with Gasteiger partial charge in [-0.25, -0.2) is 4.98 Å². The van der Waals surface area contributed by atoms with E-state index in [-0.39, 0.29) is 11.6 Å². The second kappa shape index (κ2) is 5.22. The van der Waals surface area contributed by atoms with Crippen molar-refractivity contribution in [2.45, 2.75) is 6.18 Å². The highest BCUT2D eigenvalue weighted by Gasteiger charge is 2.31. The van der Waals surface area contributed by atoms with E-state index in [1.807, 2.05) is 19.0 Å². The van der Waals surface area contributed by atoms with Gasteiger partial charge in [0, 0.05) is 13.1 Å². The number of nitrogens with two attached hydrogens (primary N) is 1. The molecule has 0 aliphatic heterocycles. The number of aromatic nitrogens is 1. The van der Waals surface area contributed by atoms with Gasteiger partial charge in [-0.05, 0) is 26.2 Å². The molecule has 0 spiro atoms. The first-order valence-electron chi connectivity index (χ1n) is 5.02. The number of pyridine rings is 1. The Morgan fingerprint density at radius 1 is 1.35 bits per heavy atom. The summed E-state index contributed by atoms with van der Waals surface area (Å²) in [6, 6.07) is 1.77. The molecule has 0 aliphatic rings. The molecule has 7 heteroatoms. The Kier molecular flexibility index (Phi) is 4.17. The number of nitrogen functional groups attached to an aromatic ring is 1. The fraction of sp³-hybridized carbons (Fsp3) is 0.500. The van der Waals surface area contributed by atoms with Crippen molar-refractivity contribution in [3.8, 4) is 0 Å². The van der Waals surface area contributed by atoms with Crippen LogP contribution in [0.2, 0.25) is 0 Å². The van der Waals surface area contributed by atoms with Gasteiger partial charge in [0.05, 0.1) is 5.56 Å². The van der Waals surface area contributed by atoms with Gasteiger partial charge < -0.3 is 16.0 Å². The quantitative estimate of drug-likeness (QED) is 0.850. The maximum Gasteiger partial charge on any atom is 0.416 e. The van der Waals surface area contributed by atoms with Crippen molar-refractivity contribution in [2.24, 2.45) is 0 Å². The number of hydrogen-bond donors (Lipinski definition) is 2. The van der Waals surface area contributed by atoms with E-state index in [0.717, 1.165) is 12.1 Å². The van der Waals surface area contributed by atoms with Crippen molar-refractivity contribution in [1.82, 2.24) is 9.88 Å². The monoisotopic (exact) mass is 248 g/mol. The van der Waals surface area contributed by atoms with E-state index in [2.05, 4.69) is 10.3 Å². The zero-order chi connectivity index (χ0) is 13.1. The molecule has 0 aromatic carbocycles. The number of nitrogens with zero attached hydrogens (tertiary/aromatic N) is 2. The summed E-state index contributed by atoms with van der Waals surface area (Å²) in [7, 11) is 3.74. The standard InChI is InChI=1S/C10H15F3N4/c1-17(2)4-3-15-9-6-7(10(11,12)13)5-8(14)16-9/h5-6H,3-4H2,1-2H3,(H3,14,15,16). The molecule has 17 heavy (non-hydrogen) atoms. The van der Waals surface area contributed by atoms with Crippen molar-refractivity contribution in [2.75, 3.05) is 38.2 Å². The lowest BCUT2D eigenvalue weighted by Gasteiger charge is -2.13. The third-order valence-corrected chi connectivity index (χ3v) is 2.04. The number of nitrogens with one attached hydrogen (secondary N) is 1. The zero-order valence-corrected chi connectivity index (χ0v) is 9.67. The van der Waals surface area contributed by atoms with Gasteiger partial charge in [-0.15, -0.1) is 0 Å². The van der Waals surface area contributed by atoms with E-state index in [4.69, 9.17) is 5.73 Å². The first-order valence-corrected chi connectivity index (χ1v) is 5.02. The number of rotatable bonds is 4. The molecule has 96 valence electrons. The second-order valence-corrected chi connectivity index (χ2v) is 3.89. The molecule has 0 unspecified atom stereocenters. The lowest BCUT2D eigenvalue weighted by Crippen LogP contribution is -2.21. The predicted octanol–water partition coefficient (Wildman–Crippen LogP) is 1.66. The number of hydrogen-bond acceptors (Lipinski definition) is 4. The SMILES string of the molecule is CN(C)CCNc1cc(C(F)(F)F)cc(N)n1. The van der Waals surface area contributed by atoms with Gasteiger partial charge in [0.15, 0.2) is 0 Å². The van der Waals surface area contributed by atoms with Crippen LogP contribution in [0.1, 0.15) is 5.56 Å². The molecule has 4 nitrogen and oxygen atoms in total. The van der Waals surface area contributed by atoms with Crippen LogP contribution >= 0.6 is 0 Å². The van der Waals surface area contributed by atoms with E-state index in [1.54, 1.807) is 0 Å². The van der Waals surface area contributed by atoms with Crippen molar-refractivity contribution in [3.63, 3.8) is 0 Å². The highest BCUT2D eigenvalue weighted by Crippen LogP contribution is 2.31. The lowest BCUT2D eigenvalue weighted by molar-refractivity contribution is -0.137. The maximum absolute atomic E-state index is 12.5. The number of halogens is 3. The largest absolute Gasteiger partial charge is 0.416 e. The van der Waals surface area contributed by atoms with Gasteiger partial charge in [0.25, 0.3) is 0 Å². The molecule has 0 fully saturated rings. The van der Waals surface area contributed by atoms with Gasteiger partial charge >= 0.3 is 6.18 Å². The van der Waals surface area contributed by atoms with Crippen molar-refractivity contribution in [1.29, 1.82) is 0 Å². The molecule has 1 aromatic rings. The molecule has 0 saturated carbocycles. The van der Waals surface area contributed by atoms with Gasteiger partial charge in [-0.3, -0.25) is 0 Å². The normalized spacial score (nSPS) is 11.9. The summed E-state index contributed by atoms with van der Waals surface area (Å²) in [6.07, 6.45) is -4.41. The summed E-state index contributed by atoms with van der Waals surface area (Å²) >= 11 is 0. The minimum Gasteiger partial charge on any atom is -0.384 e. The summed E-state index contributed by atoms with van der Waals surface area (Å²) in [6.45, 7) is 1.19. The fourth-order valence-corrected chi connectivity index (χ4v) is 1.21. The van der Waals surface area contributed by atoms with Crippen molar-refractivity contribution >= 4 is 11.6 Å². The molecule has 0 radical (unpaired) electrons. The molecule has 1 heterocycles. The summed E-state index contributed by atoms with van der Waals surface area (Å²) < 4.78 is 37.4. The Hall–Kier alpha value is -1.50. The summed E-state index contributed by atoms with van der Waals surface area (Å²) in [5.41, 5.74) is 4.53. The van der Waals surface area contributed by atoms with E-state index >= 15 is 0 Å². The molecule has 0 aliphatic carbocycles. The molecular formula is C10H15F3N4. The summed E-state index contributed by atoms with van der Waals surface area (Å²) in [5.74, 6) is -0.00801. The van der Waals surface area contributed by atoms with Crippen LogP contribution in [0, 0.1) is 0 Å².